The van der Waals surface area contributed by atoms with E-state index in [-0.39, 0.29) is 5.75 Å². The number of halogens is 1. The van der Waals surface area contributed by atoms with Gasteiger partial charge < -0.3 is 9.84 Å². The second-order valence-electron chi connectivity index (χ2n) is 4.49. The van der Waals surface area contributed by atoms with Crippen LogP contribution in [0.25, 0.3) is 0 Å². The van der Waals surface area contributed by atoms with Crippen molar-refractivity contribution in [1.82, 2.24) is 0 Å². The zero-order chi connectivity index (χ0) is 14.8. The third kappa shape index (κ3) is 3.45. The molecule has 20 heavy (non-hydrogen) atoms. The molecule has 1 unspecified atom stereocenters. The van der Waals surface area contributed by atoms with E-state index in [4.69, 9.17) is 9.84 Å². The number of benzene rings is 1. The summed E-state index contributed by atoms with van der Waals surface area (Å²) >= 11 is 0. The van der Waals surface area contributed by atoms with Gasteiger partial charge in [0.1, 0.15) is 5.82 Å². The molecule has 1 saturated heterocycles. The molecule has 1 aromatic carbocycles. The van der Waals surface area contributed by atoms with Crippen molar-refractivity contribution in [2.45, 2.75) is 18.9 Å². The molecule has 0 saturated carbocycles. The third-order valence-corrected chi connectivity index (χ3v) is 4.26. The van der Waals surface area contributed by atoms with Crippen LogP contribution >= 0.6 is 0 Å². The Hall–Kier alpha value is -1.67. The molecule has 1 aliphatic rings. The fourth-order valence-corrected chi connectivity index (χ4v) is 3.38. The van der Waals surface area contributed by atoms with Crippen LogP contribution in [0.15, 0.2) is 18.2 Å². The smallest absolute Gasteiger partial charge is 0.337 e. The van der Waals surface area contributed by atoms with Gasteiger partial charge in [-0.1, -0.05) is 6.07 Å². The summed E-state index contributed by atoms with van der Waals surface area (Å²) in [7, 11) is -3.87. The molecule has 110 valence electrons. The lowest BCUT2D eigenvalue weighted by Gasteiger charge is -2.14. The molecule has 0 aromatic heterocycles. The fourth-order valence-electron chi connectivity index (χ4n) is 2.02. The molecule has 1 fully saturated rings. The van der Waals surface area contributed by atoms with Gasteiger partial charge in [-0.15, -0.1) is 0 Å². The second-order valence-corrected chi connectivity index (χ2v) is 6.25. The minimum atomic E-state index is -3.87. The van der Waals surface area contributed by atoms with Crippen molar-refractivity contribution in [3.05, 3.63) is 29.6 Å². The summed E-state index contributed by atoms with van der Waals surface area (Å²) in [5.74, 6) is -2.65. The maximum absolute atomic E-state index is 13.6. The summed E-state index contributed by atoms with van der Waals surface area (Å²) in [5, 5.41) is 8.94. The quantitative estimate of drug-likeness (QED) is 0.858. The van der Waals surface area contributed by atoms with Crippen LogP contribution in [0.3, 0.4) is 0 Å². The number of carbonyl (C=O) groups is 1. The highest BCUT2D eigenvalue weighted by Crippen LogP contribution is 2.22. The summed E-state index contributed by atoms with van der Waals surface area (Å²) < 4.78 is 44.7. The number of aromatic carboxylic acids is 1. The van der Waals surface area contributed by atoms with Gasteiger partial charge >= 0.3 is 5.97 Å². The van der Waals surface area contributed by atoms with Crippen LogP contribution in [0.2, 0.25) is 0 Å². The summed E-state index contributed by atoms with van der Waals surface area (Å²) in [5.41, 5.74) is -0.973. The summed E-state index contributed by atoms with van der Waals surface area (Å²) in [6, 6.07) is 3.34. The molecule has 0 spiro atoms. The SMILES string of the molecule is O=C(O)c1cccc(F)c1NS(=O)(=O)CC1CCCO1. The van der Waals surface area contributed by atoms with Gasteiger partial charge in [0.05, 0.1) is 23.1 Å². The van der Waals surface area contributed by atoms with Gasteiger partial charge in [-0.25, -0.2) is 17.6 Å². The van der Waals surface area contributed by atoms with Crippen LogP contribution in [-0.4, -0.2) is 38.0 Å². The molecule has 1 aromatic rings. The minimum Gasteiger partial charge on any atom is -0.478 e. The monoisotopic (exact) mass is 303 g/mol. The highest BCUT2D eigenvalue weighted by molar-refractivity contribution is 7.92. The lowest BCUT2D eigenvalue weighted by molar-refractivity contribution is 0.0697. The molecular formula is C12H14FNO5S. The summed E-state index contributed by atoms with van der Waals surface area (Å²) in [6.45, 7) is 0.500. The van der Waals surface area contributed by atoms with Crippen molar-refractivity contribution in [3.63, 3.8) is 0 Å². The molecule has 0 bridgehead atoms. The summed E-state index contributed by atoms with van der Waals surface area (Å²) in [6.07, 6.45) is 0.956. The van der Waals surface area contributed by atoms with Gasteiger partial charge in [-0.3, -0.25) is 4.72 Å². The molecule has 2 rings (SSSR count). The average Bonchev–Trinajstić information content (AvgIpc) is 2.83. The standard InChI is InChI=1S/C12H14FNO5S/c13-10-5-1-4-9(12(15)16)11(10)14-20(17,18)7-8-3-2-6-19-8/h1,4-5,8,14H,2-3,6-7H2,(H,15,16). The van der Waals surface area contributed by atoms with Crippen molar-refractivity contribution in [2.75, 3.05) is 17.1 Å². The fraction of sp³-hybridized carbons (Fsp3) is 0.417. The van der Waals surface area contributed by atoms with Gasteiger partial charge in [-0.05, 0) is 25.0 Å². The Morgan fingerprint density at radius 1 is 1.50 bits per heavy atom. The minimum absolute atomic E-state index is 0.319. The molecule has 0 aliphatic carbocycles. The zero-order valence-electron chi connectivity index (χ0n) is 10.5. The Bertz CT molecular complexity index is 610. The lowest BCUT2D eigenvalue weighted by Crippen LogP contribution is -2.26. The number of sulfonamides is 1. The molecule has 8 heteroatoms. The van der Waals surface area contributed by atoms with Crippen LogP contribution < -0.4 is 4.72 Å². The van der Waals surface area contributed by atoms with E-state index >= 15 is 0 Å². The number of ether oxygens (including phenoxy) is 1. The number of anilines is 1. The molecule has 1 aliphatic heterocycles. The van der Waals surface area contributed by atoms with Gasteiger partial charge in [0, 0.05) is 6.61 Å². The number of rotatable bonds is 5. The Kier molecular flexibility index (Phi) is 4.24. The van der Waals surface area contributed by atoms with Crippen molar-refractivity contribution < 1.29 is 27.4 Å². The number of carboxylic acid groups (broad SMARTS) is 1. The van der Waals surface area contributed by atoms with Crippen molar-refractivity contribution >= 4 is 21.7 Å². The van der Waals surface area contributed by atoms with E-state index < -0.39 is 39.2 Å². The van der Waals surface area contributed by atoms with Crippen molar-refractivity contribution in [1.29, 1.82) is 0 Å². The molecular weight excluding hydrogens is 289 g/mol. The van der Waals surface area contributed by atoms with Crippen LogP contribution in [0, 0.1) is 5.82 Å². The number of carboxylic acids is 1. The van der Waals surface area contributed by atoms with E-state index in [1.165, 1.54) is 6.07 Å². The van der Waals surface area contributed by atoms with E-state index in [1.54, 1.807) is 0 Å². The highest BCUT2D eigenvalue weighted by atomic mass is 32.2. The highest BCUT2D eigenvalue weighted by Gasteiger charge is 2.25. The third-order valence-electron chi connectivity index (χ3n) is 2.93. The first-order valence-electron chi connectivity index (χ1n) is 6.03. The Morgan fingerprint density at radius 2 is 2.25 bits per heavy atom. The Morgan fingerprint density at radius 3 is 2.85 bits per heavy atom. The Balaban J connectivity index is 2.22. The summed E-state index contributed by atoms with van der Waals surface area (Å²) in [4.78, 5) is 11.0. The van der Waals surface area contributed by atoms with Gasteiger partial charge in [0.15, 0.2) is 0 Å². The number of nitrogens with one attached hydrogen (secondary N) is 1. The molecule has 1 heterocycles. The normalized spacial score (nSPS) is 18.9. The first kappa shape index (κ1) is 14.7. The van der Waals surface area contributed by atoms with E-state index in [1.807, 2.05) is 4.72 Å². The number of hydrogen-bond acceptors (Lipinski definition) is 4. The number of para-hydroxylation sites is 1. The van der Waals surface area contributed by atoms with Crippen LogP contribution in [0.1, 0.15) is 23.2 Å². The molecule has 0 radical (unpaired) electrons. The van der Waals surface area contributed by atoms with E-state index in [9.17, 15) is 17.6 Å². The van der Waals surface area contributed by atoms with Crippen LogP contribution in [0.5, 0.6) is 0 Å². The van der Waals surface area contributed by atoms with Crippen molar-refractivity contribution in [3.8, 4) is 0 Å². The van der Waals surface area contributed by atoms with E-state index in [0.717, 1.165) is 18.6 Å². The molecule has 2 N–H and O–H groups in total. The molecule has 0 amide bonds. The zero-order valence-corrected chi connectivity index (χ0v) is 11.3. The van der Waals surface area contributed by atoms with E-state index in [0.29, 0.717) is 13.0 Å². The largest absolute Gasteiger partial charge is 0.478 e. The maximum Gasteiger partial charge on any atom is 0.337 e. The maximum atomic E-state index is 13.6. The van der Waals surface area contributed by atoms with Gasteiger partial charge in [0.2, 0.25) is 10.0 Å². The topological polar surface area (TPSA) is 92.7 Å². The predicted molar refractivity (Wildman–Crippen MR) is 69.7 cm³/mol. The first-order chi connectivity index (χ1) is 9.39. The van der Waals surface area contributed by atoms with Gasteiger partial charge in [0.25, 0.3) is 0 Å². The average molecular weight is 303 g/mol. The van der Waals surface area contributed by atoms with Crippen molar-refractivity contribution in [2.24, 2.45) is 0 Å². The van der Waals surface area contributed by atoms with E-state index in [2.05, 4.69) is 0 Å². The lowest BCUT2D eigenvalue weighted by atomic mass is 10.2. The molecule has 6 nitrogen and oxygen atoms in total. The Labute approximate surface area is 115 Å². The predicted octanol–water partition coefficient (Wildman–Crippen LogP) is 1.44. The van der Waals surface area contributed by atoms with Crippen LogP contribution in [-0.2, 0) is 14.8 Å². The van der Waals surface area contributed by atoms with Crippen LogP contribution in [0.4, 0.5) is 10.1 Å². The second kappa shape index (κ2) is 5.76. The molecule has 1 atom stereocenters. The number of hydrogen-bond donors (Lipinski definition) is 2. The first-order valence-corrected chi connectivity index (χ1v) is 7.68. The van der Waals surface area contributed by atoms with Gasteiger partial charge in [-0.2, -0.15) is 0 Å².